The van der Waals surface area contributed by atoms with E-state index in [2.05, 4.69) is 5.32 Å². The summed E-state index contributed by atoms with van der Waals surface area (Å²) in [7, 11) is -2.02. The van der Waals surface area contributed by atoms with Crippen molar-refractivity contribution in [3.8, 4) is 5.75 Å². The van der Waals surface area contributed by atoms with E-state index in [0.717, 1.165) is 0 Å². The number of ether oxygens (including phenoxy) is 1. The van der Waals surface area contributed by atoms with Gasteiger partial charge in [-0.1, -0.05) is 0 Å². The predicted octanol–water partition coefficient (Wildman–Crippen LogP) is 0.738. The Morgan fingerprint density at radius 3 is 2.89 bits per heavy atom. The number of hydrogen-bond acceptors (Lipinski definition) is 5. The number of anilines is 1. The predicted molar refractivity (Wildman–Crippen MR) is 64.7 cm³/mol. The van der Waals surface area contributed by atoms with Crippen molar-refractivity contribution < 1.29 is 23.1 Å². The maximum absolute atomic E-state index is 12.0. The molecule has 0 spiro atoms. The second kappa shape index (κ2) is 4.49. The van der Waals surface area contributed by atoms with Crippen molar-refractivity contribution >= 4 is 21.5 Å². The van der Waals surface area contributed by atoms with Gasteiger partial charge >= 0.3 is 5.97 Å². The first kappa shape index (κ1) is 12.7. The van der Waals surface area contributed by atoms with Crippen LogP contribution in [-0.4, -0.2) is 38.4 Å². The van der Waals surface area contributed by atoms with E-state index in [1.54, 1.807) is 12.1 Å². The highest BCUT2D eigenvalue weighted by molar-refractivity contribution is 7.91. The van der Waals surface area contributed by atoms with Gasteiger partial charge in [0.1, 0.15) is 5.75 Å². The number of carbonyl (C=O) groups is 1. The van der Waals surface area contributed by atoms with Gasteiger partial charge in [0.05, 0.1) is 35.9 Å². The van der Waals surface area contributed by atoms with E-state index in [1.165, 1.54) is 13.2 Å². The summed E-state index contributed by atoms with van der Waals surface area (Å²) in [6.07, 6.45) is -0.231. The van der Waals surface area contributed by atoms with Crippen molar-refractivity contribution in [1.82, 2.24) is 0 Å². The maximum Gasteiger partial charge on any atom is 0.305 e. The van der Waals surface area contributed by atoms with Crippen LogP contribution < -0.4 is 10.1 Å². The van der Waals surface area contributed by atoms with Crippen LogP contribution >= 0.6 is 0 Å². The van der Waals surface area contributed by atoms with Gasteiger partial charge in [0, 0.05) is 6.07 Å². The van der Waals surface area contributed by atoms with Crippen LogP contribution in [0.25, 0.3) is 0 Å². The molecule has 2 N–H and O–H groups in total. The first-order valence-corrected chi connectivity index (χ1v) is 6.97. The highest BCUT2D eigenvalue weighted by Crippen LogP contribution is 2.32. The molecular formula is C11H13NO5S. The highest BCUT2D eigenvalue weighted by Gasteiger charge is 2.31. The summed E-state index contributed by atoms with van der Waals surface area (Å²) in [4.78, 5) is 10.8. The van der Waals surface area contributed by atoms with Crippen LogP contribution in [-0.2, 0) is 14.6 Å². The number of hydrogen-bond donors (Lipinski definition) is 2. The summed E-state index contributed by atoms with van der Waals surface area (Å²) < 4.78 is 29.1. The molecule has 98 valence electrons. The second-order valence-electron chi connectivity index (χ2n) is 4.08. The Hall–Kier alpha value is -1.76. The molecule has 0 amide bonds. The van der Waals surface area contributed by atoms with E-state index < -0.39 is 21.8 Å². The fourth-order valence-corrected chi connectivity index (χ4v) is 3.61. The summed E-state index contributed by atoms with van der Waals surface area (Å²) >= 11 is 0. The van der Waals surface area contributed by atoms with Crippen molar-refractivity contribution in [3.05, 3.63) is 18.2 Å². The van der Waals surface area contributed by atoms with E-state index in [9.17, 15) is 13.2 Å². The van der Waals surface area contributed by atoms with Crippen LogP contribution in [0.1, 0.15) is 6.42 Å². The molecule has 1 atom stereocenters. The molecule has 0 saturated carbocycles. The molecule has 0 radical (unpaired) electrons. The monoisotopic (exact) mass is 271 g/mol. The summed E-state index contributed by atoms with van der Waals surface area (Å²) in [6, 6.07) is 4.05. The van der Waals surface area contributed by atoms with Crippen molar-refractivity contribution in [2.75, 3.05) is 18.2 Å². The first-order chi connectivity index (χ1) is 8.42. The lowest BCUT2D eigenvalue weighted by molar-refractivity contribution is -0.137. The molecule has 18 heavy (non-hydrogen) atoms. The van der Waals surface area contributed by atoms with E-state index in [1.807, 2.05) is 0 Å². The number of aliphatic carboxylic acids is 1. The van der Waals surface area contributed by atoms with Crippen LogP contribution in [0, 0.1) is 0 Å². The molecule has 0 aliphatic carbocycles. The molecule has 0 saturated heterocycles. The van der Waals surface area contributed by atoms with Crippen molar-refractivity contribution in [2.45, 2.75) is 17.4 Å². The van der Waals surface area contributed by atoms with Gasteiger partial charge in [0.25, 0.3) is 0 Å². The molecule has 1 heterocycles. The largest absolute Gasteiger partial charge is 0.497 e. The fourth-order valence-electron chi connectivity index (χ4n) is 1.94. The molecular weight excluding hydrogens is 258 g/mol. The number of sulfone groups is 1. The van der Waals surface area contributed by atoms with Gasteiger partial charge in [-0.15, -0.1) is 0 Å². The topological polar surface area (TPSA) is 92.7 Å². The zero-order valence-electron chi connectivity index (χ0n) is 9.71. The third-order valence-corrected chi connectivity index (χ3v) is 4.57. The van der Waals surface area contributed by atoms with Gasteiger partial charge in [-0.2, -0.15) is 0 Å². The summed E-state index contributed by atoms with van der Waals surface area (Å²) in [5.41, 5.74) is 0.424. The van der Waals surface area contributed by atoms with Gasteiger partial charge in [-0.3, -0.25) is 4.79 Å². The molecule has 7 heteroatoms. The van der Waals surface area contributed by atoms with Crippen LogP contribution in [0.15, 0.2) is 23.1 Å². The summed E-state index contributed by atoms with van der Waals surface area (Å²) in [5.74, 6) is -0.796. The Morgan fingerprint density at radius 1 is 1.56 bits per heavy atom. The minimum atomic E-state index is -3.48. The van der Waals surface area contributed by atoms with Gasteiger partial charge in [0.15, 0.2) is 9.84 Å². The molecule has 0 aromatic heterocycles. The number of rotatable bonds is 3. The van der Waals surface area contributed by atoms with Gasteiger partial charge in [-0.25, -0.2) is 8.42 Å². The summed E-state index contributed by atoms with van der Waals surface area (Å²) in [5, 5.41) is 11.6. The molecule has 1 aromatic rings. The number of carboxylic acids is 1. The average molecular weight is 271 g/mol. The van der Waals surface area contributed by atoms with E-state index in [0.29, 0.717) is 11.4 Å². The van der Waals surface area contributed by atoms with Crippen LogP contribution in [0.3, 0.4) is 0 Å². The Bertz CT molecular complexity index is 581. The molecule has 2 rings (SSSR count). The zero-order valence-corrected chi connectivity index (χ0v) is 10.5. The molecule has 1 aromatic carbocycles. The molecule has 6 nitrogen and oxygen atoms in total. The van der Waals surface area contributed by atoms with Crippen molar-refractivity contribution in [1.29, 1.82) is 0 Å². The van der Waals surface area contributed by atoms with Crippen LogP contribution in [0.5, 0.6) is 5.75 Å². The third kappa shape index (κ3) is 2.40. The highest BCUT2D eigenvalue weighted by atomic mass is 32.2. The Kier molecular flexibility index (Phi) is 3.16. The molecule has 0 bridgehead atoms. The lowest BCUT2D eigenvalue weighted by Gasteiger charge is -2.26. The maximum atomic E-state index is 12.0. The third-order valence-electron chi connectivity index (χ3n) is 2.73. The Morgan fingerprint density at radius 2 is 2.28 bits per heavy atom. The van der Waals surface area contributed by atoms with E-state index >= 15 is 0 Å². The van der Waals surface area contributed by atoms with Crippen molar-refractivity contribution in [2.24, 2.45) is 0 Å². The zero-order chi connectivity index (χ0) is 13.3. The van der Waals surface area contributed by atoms with E-state index in [4.69, 9.17) is 9.84 Å². The van der Waals surface area contributed by atoms with Crippen LogP contribution in [0.4, 0.5) is 5.69 Å². The normalized spacial score (nSPS) is 20.6. The standard InChI is InChI=1S/C11H13NO5S/c1-17-8-2-3-9-10(5-8)18(15,16)6-7(12-9)4-11(13)14/h2-3,5,7,12H,4,6H2,1H3,(H,13,14). The average Bonchev–Trinajstić information content (AvgIpc) is 2.27. The number of benzene rings is 1. The number of nitrogens with one attached hydrogen (secondary N) is 1. The molecule has 1 unspecified atom stereocenters. The smallest absolute Gasteiger partial charge is 0.305 e. The molecule has 0 fully saturated rings. The Labute approximate surface area is 104 Å². The first-order valence-electron chi connectivity index (χ1n) is 5.31. The van der Waals surface area contributed by atoms with Crippen molar-refractivity contribution in [3.63, 3.8) is 0 Å². The minimum Gasteiger partial charge on any atom is -0.497 e. The fraction of sp³-hybridized carbons (Fsp3) is 0.364. The van der Waals surface area contributed by atoms with Gasteiger partial charge in [-0.05, 0) is 12.1 Å². The SMILES string of the molecule is COc1ccc2c(c1)S(=O)(=O)CC(CC(=O)O)N2. The lowest BCUT2D eigenvalue weighted by atomic mass is 10.2. The number of methoxy groups -OCH3 is 1. The van der Waals surface area contributed by atoms with E-state index in [-0.39, 0.29) is 17.1 Å². The lowest BCUT2D eigenvalue weighted by Crippen LogP contribution is -2.35. The quantitative estimate of drug-likeness (QED) is 0.842. The molecule has 1 aliphatic heterocycles. The van der Waals surface area contributed by atoms with Crippen LogP contribution in [0.2, 0.25) is 0 Å². The number of fused-ring (bicyclic) bond motifs is 1. The second-order valence-corrected chi connectivity index (χ2v) is 6.09. The number of carboxylic acid groups (broad SMARTS) is 1. The van der Waals surface area contributed by atoms with Gasteiger partial charge in [0.2, 0.25) is 0 Å². The summed E-state index contributed by atoms with van der Waals surface area (Å²) in [6.45, 7) is 0. The molecule has 1 aliphatic rings. The van der Waals surface area contributed by atoms with Gasteiger partial charge < -0.3 is 15.2 Å². The minimum absolute atomic E-state index is 0.156. The Balaban J connectivity index is 2.40.